The molecule has 4 rings (SSSR count). The average molecular weight is 514 g/mol. The minimum absolute atomic E-state index is 0.0344. The second-order valence-electron chi connectivity index (χ2n) is 8.56. The Morgan fingerprint density at radius 3 is 1.91 bits per heavy atom. The predicted octanol–water partition coefficient (Wildman–Crippen LogP) is 2.88. The van der Waals surface area contributed by atoms with E-state index in [1.54, 1.807) is 0 Å². The van der Waals surface area contributed by atoms with Crippen LogP contribution in [0.5, 0.6) is 0 Å². The van der Waals surface area contributed by atoms with Crippen LogP contribution in [-0.4, -0.2) is 68.0 Å². The van der Waals surface area contributed by atoms with E-state index >= 15 is 0 Å². The van der Waals surface area contributed by atoms with E-state index in [1.165, 1.54) is 21.9 Å². The first-order valence-corrected chi connectivity index (χ1v) is 12.6. The van der Waals surface area contributed by atoms with Crippen molar-refractivity contribution in [3.05, 3.63) is 54.1 Å². The number of carbonyl (C=O) groups excluding carboxylic acids is 1. The second kappa shape index (κ2) is 9.76. The molecule has 2 heterocycles. The maximum atomic E-state index is 13.4. The summed E-state index contributed by atoms with van der Waals surface area (Å²) < 4.78 is 69.9. The van der Waals surface area contributed by atoms with Crippen molar-refractivity contribution in [2.45, 2.75) is 23.8 Å². The Labute approximate surface area is 201 Å². The number of piperazine rings is 1. The number of sulfonamides is 1. The first-order chi connectivity index (χ1) is 16.6. The van der Waals surface area contributed by atoms with E-state index in [0.29, 0.717) is 18.7 Å². The number of hydrogen-bond acceptors (Lipinski definition) is 6. The molecule has 0 aromatic heterocycles. The minimum atomic E-state index is -4.38. The fraction of sp³-hybridized carbons (Fsp3) is 0.435. The van der Waals surface area contributed by atoms with E-state index in [1.807, 2.05) is 29.2 Å². The maximum absolute atomic E-state index is 13.4. The van der Waals surface area contributed by atoms with Gasteiger partial charge in [0.2, 0.25) is 10.0 Å². The van der Waals surface area contributed by atoms with Gasteiger partial charge in [-0.15, -0.1) is 0 Å². The van der Waals surface area contributed by atoms with Gasteiger partial charge >= 0.3 is 6.18 Å². The molecule has 0 unspecified atom stereocenters. The Balaban J connectivity index is 1.43. The summed E-state index contributed by atoms with van der Waals surface area (Å²) in [6.07, 6.45) is -4.45. The number of alkyl halides is 3. The third kappa shape index (κ3) is 4.88. The average Bonchev–Trinajstić information content (AvgIpc) is 2.88. The molecule has 2 aliphatic rings. The summed E-state index contributed by atoms with van der Waals surface area (Å²) in [5.74, 6) is -0.943. The van der Waals surface area contributed by atoms with Gasteiger partial charge in [0.25, 0.3) is 5.91 Å². The van der Waals surface area contributed by atoms with Crippen LogP contribution in [-0.2, 0) is 25.7 Å². The zero-order chi connectivity index (χ0) is 25.3. The number of hydroxylamine groups is 1. The molecule has 35 heavy (non-hydrogen) atoms. The fourth-order valence-electron chi connectivity index (χ4n) is 4.56. The molecule has 0 saturated carbocycles. The fourth-order valence-corrected chi connectivity index (χ4v) is 6.66. The van der Waals surface area contributed by atoms with Crippen molar-refractivity contribution in [2.75, 3.05) is 44.3 Å². The summed E-state index contributed by atoms with van der Waals surface area (Å²) in [7, 11) is -4.05. The standard InChI is InChI=1S/C23H26F3N3O5S/c24-23(25,26)19-5-1-17(2-6-19)18-3-7-20(8-4-18)28-11-13-29(14-12-28)35(32,33)22(21(30)27-31)9-15-34-16-10-22/h1-8,31H,9-16H2,(H,27,30). The molecule has 1 amide bonds. The van der Waals surface area contributed by atoms with E-state index in [-0.39, 0.29) is 39.1 Å². The van der Waals surface area contributed by atoms with Crippen molar-refractivity contribution in [2.24, 2.45) is 0 Å². The molecule has 0 spiro atoms. The third-order valence-electron chi connectivity index (χ3n) is 6.67. The van der Waals surface area contributed by atoms with Gasteiger partial charge in [-0.25, -0.2) is 13.9 Å². The topological polar surface area (TPSA) is 99.2 Å². The lowest BCUT2D eigenvalue weighted by atomic mass is 9.98. The molecule has 12 heteroatoms. The third-order valence-corrected chi connectivity index (χ3v) is 9.29. The highest BCUT2D eigenvalue weighted by atomic mass is 32.2. The Kier molecular flexibility index (Phi) is 7.09. The van der Waals surface area contributed by atoms with Crippen molar-refractivity contribution in [1.82, 2.24) is 9.79 Å². The van der Waals surface area contributed by atoms with Crippen molar-refractivity contribution in [1.29, 1.82) is 0 Å². The molecule has 0 radical (unpaired) electrons. The molecular weight excluding hydrogens is 487 g/mol. The van der Waals surface area contributed by atoms with Gasteiger partial charge in [-0.1, -0.05) is 24.3 Å². The van der Waals surface area contributed by atoms with Crippen molar-refractivity contribution < 1.29 is 36.3 Å². The zero-order valence-corrected chi connectivity index (χ0v) is 19.6. The first-order valence-electron chi connectivity index (χ1n) is 11.1. The van der Waals surface area contributed by atoms with Crippen LogP contribution >= 0.6 is 0 Å². The van der Waals surface area contributed by atoms with Gasteiger partial charge in [0.15, 0.2) is 4.75 Å². The molecule has 2 N–H and O–H groups in total. The predicted molar refractivity (Wildman–Crippen MR) is 122 cm³/mol. The number of ether oxygens (including phenoxy) is 1. The highest BCUT2D eigenvalue weighted by molar-refractivity contribution is 7.91. The molecule has 0 bridgehead atoms. The summed E-state index contributed by atoms with van der Waals surface area (Å²) in [5.41, 5.74) is 3.09. The van der Waals surface area contributed by atoms with Crippen molar-refractivity contribution in [3.63, 3.8) is 0 Å². The highest BCUT2D eigenvalue weighted by Crippen LogP contribution is 2.34. The zero-order valence-electron chi connectivity index (χ0n) is 18.8. The Bertz CT molecular complexity index is 1140. The molecule has 2 aromatic rings. The van der Waals surface area contributed by atoms with E-state index in [9.17, 15) is 31.6 Å². The van der Waals surface area contributed by atoms with Crippen LogP contribution in [0.15, 0.2) is 48.5 Å². The van der Waals surface area contributed by atoms with Gasteiger partial charge in [-0.2, -0.15) is 17.5 Å². The maximum Gasteiger partial charge on any atom is 0.416 e. The summed E-state index contributed by atoms with van der Waals surface area (Å²) in [6, 6.07) is 12.3. The van der Waals surface area contributed by atoms with Crippen LogP contribution in [0.3, 0.4) is 0 Å². The van der Waals surface area contributed by atoms with Crippen LogP contribution in [0, 0.1) is 0 Å². The highest BCUT2D eigenvalue weighted by Gasteiger charge is 2.54. The van der Waals surface area contributed by atoms with E-state index in [0.717, 1.165) is 23.4 Å². The number of anilines is 1. The molecule has 0 atom stereocenters. The Morgan fingerprint density at radius 1 is 0.914 bits per heavy atom. The molecule has 2 fully saturated rings. The number of nitrogens with zero attached hydrogens (tertiary/aromatic N) is 2. The SMILES string of the molecule is O=C(NO)C1(S(=O)(=O)N2CCN(c3ccc(-c4ccc(C(F)(F)F)cc4)cc3)CC2)CCOCC1. The van der Waals surface area contributed by atoms with Gasteiger partial charge in [0.05, 0.1) is 5.56 Å². The van der Waals surface area contributed by atoms with Crippen LogP contribution in [0.4, 0.5) is 18.9 Å². The number of benzene rings is 2. The first kappa shape index (κ1) is 25.4. The van der Waals surface area contributed by atoms with Crippen molar-refractivity contribution >= 4 is 21.6 Å². The number of nitrogens with one attached hydrogen (secondary N) is 1. The van der Waals surface area contributed by atoms with Gasteiger partial charge in [0, 0.05) is 57.9 Å². The Hall–Kier alpha value is -2.67. The number of halogens is 3. The summed E-state index contributed by atoms with van der Waals surface area (Å²) in [4.78, 5) is 14.4. The molecule has 190 valence electrons. The smallest absolute Gasteiger partial charge is 0.381 e. The monoisotopic (exact) mass is 513 g/mol. The summed E-state index contributed by atoms with van der Waals surface area (Å²) >= 11 is 0. The van der Waals surface area contributed by atoms with Crippen molar-refractivity contribution in [3.8, 4) is 11.1 Å². The molecule has 2 saturated heterocycles. The molecule has 0 aliphatic carbocycles. The van der Waals surface area contributed by atoms with E-state index in [4.69, 9.17) is 4.74 Å². The lowest BCUT2D eigenvalue weighted by Crippen LogP contribution is -2.62. The Morgan fingerprint density at radius 2 is 1.43 bits per heavy atom. The van der Waals surface area contributed by atoms with E-state index in [2.05, 4.69) is 0 Å². The van der Waals surface area contributed by atoms with E-state index < -0.39 is 32.4 Å². The largest absolute Gasteiger partial charge is 0.416 e. The molecule has 2 aromatic carbocycles. The number of rotatable bonds is 5. The van der Waals surface area contributed by atoms with Gasteiger partial charge in [-0.3, -0.25) is 10.0 Å². The second-order valence-corrected chi connectivity index (χ2v) is 10.8. The molecule has 8 nitrogen and oxygen atoms in total. The normalized spacial score (nSPS) is 19.4. The lowest BCUT2D eigenvalue weighted by molar-refractivity contribution is -0.137. The quantitative estimate of drug-likeness (QED) is 0.471. The van der Waals surface area contributed by atoms with Crippen LogP contribution in [0.1, 0.15) is 18.4 Å². The van der Waals surface area contributed by atoms with Gasteiger partial charge in [-0.05, 0) is 35.4 Å². The number of amides is 1. The number of carbonyl (C=O) groups is 1. The van der Waals surface area contributed by atoms with Gasteiger partial charge < -0.3 is 9.64 Å². The summed E-state index contributed by atoms with van der Waals surface area (Å²) in [5, 5.41) is 9.18. The minimum Gasteiger partial charge on any atom is -0.381 e. The van der Waals surface area contributed by atoms with Crippen LogP contribution < -0.4 is 10.4 Å². The summed E-state index contributed by atoms with van der Waals surface area (Å²) in [6.45, 7) is 1.35. The lowest BCUT2D eigenvalue weighted by Gasteiger charge is -2.42. The van der Waals surface area contributed by atoms with Crippen LogP contribution in [0.2, 0.25) is 0 Å². The van der Waals surface area contributed by atoms with Crippen LogP contribution in [0.25, 0.3) is 11.1 Å². The molecule has 2 aliphatic heterocycles. The molecular formula is C23H26F3N3O5S. The van der Waals surface area contributed by atoms with Gasteiger partial charge in [0.1, 0.15) is 0 Å². The number of hydrogen-bond donors (Lipinski definition) is 2.